The molecule has 1 saturated heterocycles. The largest absolute Gasteiger partial charge is 0.491 e. The van der Waals surface area contributed by atoms with Gasteiger partial charge in [0.1, 0.15) is 34.0 Å². The first kappa shape index (κ1) is 53.5. The zero-order valence-corrected chi connectivity index (χ0v) is 44.4. The summed E-state index contributed by atoms with van der Waals surface area (Å²) in [6.07, 6.45) is 8.18. The van der Waals surface area contributed by atoms with Gasteiger partial charge >= 0.3 is 0 Å². The zero-order valence-electron chi connectivity index (χ0n) is 44.4. The minimum Gasteiger partial charge on any atom is -0.491 e. The Balaban J connectivity index is 0.924. The first-order valence-electron chi connectivity index (χ1n) is 26.2. The Morgan fingerprint density at radius 1 is 0.779 bits per heavy atom. The third kappa shape index (κ3) is 11.6. The lowest BCUT2D eigenvalue weighted by Gasteiger charge is -2.33. The molecule has 9 rings (SSSR count). The summed E-state index contributed by atoms with van der Waals surface area (Å²) in [7, 11) is 0. The molecule has 77 heavy (non-hydrogen) atoms. The number of carbonyl (C=O) groups is 5. The maximum Gasteiger partial charge on any atom is 0.276 e. The van der Waals surface area contributed by atoms with E-state index in [4.69, 9.17) is 26.9 Å². The van der Waals surface area contributed by atoms with E-state index in [-0.39, 0.29) is 47.9 Å². The van der Waals surface area contributed by atoms with Gasteiger partial charge in [-0.05, 0) is 103 Å². The number of pyridine rings is 1. The van der Waals surface area contributed by atoms with E-state index in [1.54, 1.807) is 54.6 Å². The van der Waals surface area contributed by atoms with Crippen LogP contribution in [0.2, 0.25) is 0 Å². The fourth-order valence-corrected chi connectivity index (χ4v) is 10.2. The molecule has 0 radical (unpaired) electrons. The molecular formula is C52H67N19O6. The van der Waals surface area contributed by atoms with Crippen LogP contribution in [0.3, 0.4) is 0 Å². The number of fused-ring (bicyclic) bond motifs is 3. The summed E-state index contributed by atoms with van der Waals surface area (Å²) in [6.45, 7) is 17.2. The molecule has 1 atom stereocenters. The maximum absolute atomic E-state index is 14.0. The van der Waals surface area contributed by atoms with Crippen molar-refractivity contribution in [2.75, 3.05) is 43.4 Å². The van der Waals surface area contributed by atoms with Crippen molar-refractivity contribution in [3.63, 3.8) is 0 Å². The number of hydrogen-bond donors (Lipinski definition) is 5. The highest BCUT2D eigenvalue weighted by Crippen LogP contribution is 2.33. The molecule has 8 heterocycles. The van der Waals surface area contributed by atoms with E-state index in [0.29, 0.717) is 109 Å². The van der Waals surface area contributed by atoms with Crippen molar-refractivity contribution in [3.8, 4) is 5.75 Å². The number of anilines is 2. The highest BCUT2D eigenvalue weighted by Gasteiger charge is 2.32. The number of primary amides is 2. The highest BCUT2D eigenvalue weighted by molar-refractivity contribution is 6.05. The van der Waals surface area contributed by atoms with Gasteiger partial charge in [-0.15, -0.1) is 10.2 Å². The maximum atomic E-state index is 14.0. The van der Waals surface area contributed by atoms with Gasteiger partial charge in [-0.2, -0.15) is 10.2 Å². The van der Waals surface area contributed by atoms with Gasteiger partial charge in [-0.3, -0.25) is 48.5 Å². The van der Waals surface area contributed by atoms with Crippen LogP contribution in [0, 0.1) is 19.8 Å². The summed E-state index contributed by atoms with van der Waals surface area (Å²) in [4.78, 5) is 83.7. The zero-order chi connectivity index (χ0) is 54.7. The molecule has 0 aliphatic carbocycles. The van der Waals surface area contributed by atoms with E-state index in [1.165, 1.54) is 12.3 Å². The van der Waals surface area contributed by atoms with Gasteiger partial charge in [0, 0.05) is 63.5 Å². The quantitative estimate of drug-likeness (QED) is 0.0506. The first-order chi connectivity index (χ1) is 37.0. The van der Waals surface area contributed by atoms with Crippen LogP contribution < -0.4 is 32.6 Å². The van der Waals surface area contributed by atoms with E-state index >= 15 is 0 Å². The van der Waals surface area contributed by atoms with Gasteiger partial charge in [0.15, 0.2) is 11.5 Å². The number of nitrogens with zero attached hydrogens (tertiary/aromatic N) is 14. The van der Waals surface area contributed by atoms with Crippen LogP contribution in [-0.2, 0) is 44.1 Å². The highest BCUT2D eigenvalue weighted by atomic mass is 16.5. The number of aryl methyl sites for hydroxylation is 4. The first-order valence-corrected chi connectivity index (χ1v) is 26.2. The number of benzene rings is 1. The van der Waals surface area contributed by atoms with Crippen molar-refractivity contribution in [2.45, 2.75) is 118 Å². The lowest BCUT2D eigenvalue weighted by Crippen LogP contribution is -2.47. The van der Waals surface area contributed by atoms with Crippen molar-refractivity contribution >= 4 is 63.6 Å². The number of aromatic nitrogens is 12. The minimum atomic E-state index is -0.676. The molecule has 7 aromatic rings. The van der Waals surface area contributed by atoms with Crippen LogP contribution in [0.1, 0.15) is 124 Å². The van der Waals surface area contributed by atoms with Gasteiger partial charge in [-0.1, -0.05) is 26.0 Å². The predicted octanol–water partition coefficient (Wildman–Crippen LogP) is 3.75. The van der Waals surface area contributed by atoms with Gasteiger partial charge in [0.05, 0.1) is 41.7 Å². The molecule has 0 spiro atoms. The molecule has 406 valence electrons. The Kier molecular flexibility index (Phi) is 15.9. The monoisotopic (exact) mass is 1050 g/mol. The molecule has 8 N–H and O–H groups in total. The van der Waals surface area contributed by atoms with E-state index in [0.717, 1.165) is 44.1 Å². The van der Waals surface area contributed by atoms with Gasteiger partial charge in [0.25, 0.3) is 11.8 Å². The molecule has 5 amide bonds. The normalized spacial score (nSPS) is 14.7. The standard InChI is InChI=1S/C52H67N19O6/c1-7-70-39(23-31(5)63-70)48(74)59-51-57-37-25-34(44(54)72)27-41(77-21-11-14-65-17-12-33(13-18-65)46-62-61-42-29-66(19-20-67(42)46)50(76)36(53)22-30(3)4)43(37)68(51)15-9-10-16-69-47-38(26-35(28-56-47)45(55)73)58-52(69)60-49(75)40-24-32(6)64-71(40)8-2/h9-10,23-28,30,33,36H,7-8,11-22,29,53H2,1-6H3,(H2,54,72)(H2,55,73)(H,57,59,74)(H,58,60,75)/b10-9+/t36-/m0/s1. The number of likely N-dealkylation sites (tertiary alicyclic amines) is 1. The lowest BCUT2D eigenvalue weighted by molar-refractivity contribution is -0.134. The van der Waals surface area contributed by atoms with E-state index in [9.17, 15) is 24.0 Å². The molecule has 25 nitrogen and oxygen atoms in total. The number of imidazole rings is 2. The second kappa shape index (κ2) is 22.9. The molecule has 25 heteroatoms. The van der Waals surface area contributed by atoms with E-state index in [1.807, 2.05) is 32.9 Å². The third-order valence-electron chi connectivity index (χ3n) is 14.0. The fraction of sp³-hybridized carbons (Fsp3) is 0.462. The van der Waals surface area contributed by atoms with E-state index in [2.05, 4.69) is 64.3 Å². The number of amides is 5. The smallest absolute Gasteiger partial charge is 0.276 e. The molecule has 0 saturated carbocycles. The van der Waals surface area contributed by atoms with Crippen LogP contribution in [-0.4, -0.2) is 137 Å². The van der Waals surface area contributed by atoms with Crippen LogP contribution >= 0.6 is 0 Å². The van der Waals surface area contributed by atoms with Crippen molar-refractivity contribution < 1.29 is 28.7 Å². The number of carbonyl (C=O) groups excluding carboxylic acids is 5. The Morgan fingerprint density at radius 3 is 2.01 bits per heavy atom. The average Bonchev–Trinajstić information content (AvgIpc) is 4.27. The van der Waals surface area contributed by atoms with E-state index < -0.39 is 29.7 Å². The molecule has 0 bridgehead atoms. The number of rotatable bonds is 21. The van der Waals surface area contributed by atoms with Crippen molar-refractivity contribution in [1.82, 2.24) is 68.2 Å². The Hall–Kier alpha value is -8.32. The molecule has 2 aliphatic heterocycles. The lowest BCUT2D eigenvalue weighted by atomic mass is 9.95. The SMILES string of the molecule is CCn1nc(C)cc1C(=O)Nc1nc2cc(C(N)=O)cnc2n1C/C=C/Cn1c(NC(=O)c2cc(C)nn2CC)nc2cc(C(N)=O)cc(OCCCN3CCC(c4nnc5n4CCN(C(=O)[C@@H](N)CC(C)C)C5)CC3)c21. The number of piperidine rings is 1. The summed E-state index contributed by atoms with van der Waals surface area (Å²) in [6, 6.07) is 7.54. The van der Waals surface area contributed by atoms with Crippen LogP contribution in [0.4, 0.5) is 11.9 Å². The number of allylic oxidation sites excluding steroid dienone is 2. The summed E-state index contributed by atoms with van der Waals surface area (Å²) in [5.74, 6) is 0.788. The summed E-state index contributed by atoms with van der Waals surface area (Å²) < 4.78 is 15.4. The van der Waals surface area contributed by atoms with Crippen molar-refractivity contribution in [2.24, 2.45) is 23.1 Å². The molecule has 0 unspecified atom stereocenters. The second-order valence-electron chi connectivity index (χ2n) is 20.0. The number of nitrogens with two attached hydrogens (primary N) is 3. The average molecular weight is 1050 g/mol. The summed E-state index contributed by atoms with van der Waals surface area (Å²) in [5.41, 5.74) is 21.7. The minimum absolute atomic E-state index is 0.0401. The molecule has 2 aliphatic rings. The molecule has 6 aromatic heterocycles. The van der Waals surface area contributed by atoms with Gasteiger partial charge in [-0.25, -0.2) is 15.0 Å². The Bertz CT molecular complexity index is 3390. The predicted molar refractivity (Wildman–Crippen MR) is 286 cm³/mol. The Labute approximate surface area is 444 Å². The molecule has 1 aromatic carbocycles. The molecule has 1 fully saturated rings. The van der Waals surface area contributed by atoms with Crippen LogP contribution in [0.25, 0.3) is 22.2 Å². The number of ether oxygens (including phenoxy) is 1. The number of nitrogens with one attached hydrogen (secondary N) is 2. The van der Waals surface area contributed by atoms with Crippen molar-refractivity contribution in [3.05, 3.63) is 94.2 Å². The van der Waals surface area contributed by atoms with Crippen molar-refractivity contribution in [1.29, 1.82) is 0 Å². The van der Waals surface area contributed by atoms with Crippen LogP contribution in [0.15, 0.2) is 48.7 Å². The van der Waals surface area contributed by atoms with Crippen LogP contribution in [0.5, 0.6) is 5.75 Å². The topological polar surface area (TPSA) is 318 Å². The second-order valence-corrected chi connectivity index (χ2v) is 20.0. The third-order valence-corrected chi connectivity index (χ3v) is 14.0. The number of hydrogen-bond acceptors (Lipinski definition) is 15. The van der Waals surface area contributed by atoms with Gasteiger partial charge in [0.2, 0.25) is 29.6 Å². The van der Waals surface area contributed by atoms with Gasteiger partial charge < -0.3 is 40.9 Å². The Morgan fingerprint density at radius 2 is 1.39 bits per heavy atom. The molecular weight excluding hydrogens is 987 g/mol. The summed E-state index contributed by atoms with van der Waals surface area (Å²) >= 11 is 0. The summed E-state index contributed by atoms with van der Waals surface area (Å²) in [5, 5.41) is 23.9. The fourth-order valence-electron chi connectivity index (χ4n) is 10.2.